The number of amides is 4. The lowest BCUT2D eigenvalue weighted by Crippen LogP contribution is -2.54. The fourth-order valence-corrected chi connectivity index (χ4v) is 6.26. The number of imide groups is 1. The molecule has 0 aromatic heterocycles. The van der Waals surface area contributed by atoms with E-state index in [1.54, 1.807) is 0 Å². The van der Waals surface area contributed by atoms with Crippen molar-refractivity contribution < 1.29 is 14.4 Å². The Balaban J connectivity index is 1.50. The quantitative estimate of drug-likeness (QED) is 0.715. The van der Waals surface area contributed by atoms with Crippen LogP contribution >= 0.6 is 0 Å². The topological polar surface area (TPSA) is 81.8 Å². The van der Waals surface area contributed by atoms with Gasteiger partial charge in [-0.05, 0) is 56.4 Å². The summed E-state index contributed by atoms with van der Waals surface area (Å²) in [5.41, 5.74) is -0.839. The van der Waals surface area contributed by atoms with Crippen molar-refractivity contribution in [2.75, 3.05) is 19.6 Å². The number of rotatable bonds is 2. The van der Waals surface area contributed by atoms with Gasteiger partial charge in [0.2, 0.25) is 5.91 Å². The van der Waals surface area contributed by atoms with E-state index in [0.29, 0.717) is 18.8 Å². The summed E-state index contributed by atoms with van der Waals surface area (Å²) in [6.07, 6.45) is 5.30. The monoisotopic (exact) mass is 376 g/mol. The molecule has 3 saturated heterocycles. The van der Waals surface area contributed by atoms with Gasteiger partial charge in [-0.1, -0.05) is 20.8 Å². The highest BCUT2D eigenvalue weighted by Gasteiger charge is 2.56. The summed E-state index contributed by atoms with van der Waals surface area (Å²) in [7, 11) is 0. The number of carbonyl (C=O) groups is 3. The number of hydrogen-bond donors (Lipinski definition) is 2. The summed E-state index contributed by atoms with van der Waals surface area (Å²) in [6.45, 7) is 8.04. The van der Waals surface area contributed by atoms with Crippen LogP contribution in [0.25, 0.3) is 0 Å². The highest BCUT2D eigenvalue weighted by Crippen LogP contribution is 2.46. The average molecular weight is 377 g/mol. The van der Waals surface area contributed by atoms with Gasteiger partial charge >= 0.3 is 6.03 Å². The van der Waals surface area contributed by atoms with Crippen LogP contribution < -0.4 is 10.6 Å². The minimum atomic E-state index is -0.835. The van der Waals surface area contributed by atoms with Gasteiger partial charge in [0, 0.05) is 18.6 Å². The molecule has 7 nitrogen and oxygen atoms in total. The number of nitrogens with one attached hydrogen (secondary N) is 2. The predicted octanol–water partition coefficient (Wildman–Crippen LogP) is 1.48. The Hall–Kier alpha value is -1.63. The van der Waals surface area contributed by atoms with Gasteiger partial charge in [0.05, 0.1) is 0 Å². The molecule has 2 bridgehead atoms. The summed E-state index contributed by atoms with van der Waals surface area (Å²) in [6, 6.07) is 0.0211. The third-order valence-electron chi connectivity index (χ3n) is 6.86. The lowest BCUT2D eigenvalue weighted by molar-refractivity contribution is -0.142. The molecular formula is C20H32N4O3. The van der Waals surface area contributed by atoms with E-state index >= 15 is 0 Å². The fraction of sp³-hybridized carbons (Fsp3) is 0.850. The second kappa shape index (κ2) is 6.47. The van der Waals surface area contributed by atoms with Crippen molar-refractivity contribution in [2.24, 2.45) is 11.3 Å². The van der Waals surface area contributed by atoms with Crippen LogP contribution in [-0.4, -0.2) is 64.9 Å². The van der Waals surface area contributed by atoms with Crippen LogP contribution in [0.3, 0.4) is 0 Å². The molecule has 1 spiro atoms. The SMILES string of the molecule is CC1CC(C)(C)CC2(C1)NC(=O)N(CC(=O)N1C3CCNCC1CC3)C2=O. The number of carbonyl (C=O) groups excluding carboxylic acids is 3. The number of nitrogens with zero attached hydrogens (tertiary/aromatic N) is 2. The van der Waals surface area contributed by atoms with Crippen LogP contribution in [0.2, 0.25) is 0 Å². The average Bonchev–Trinajstić information content (AvgIpc) is 2.92. The Bertz CT molecular complexity index is 650. The van der Waals surface area contributed by atoms with Crippen molar-refractivity contribution in [2.45, 2.75) is 76.9 Å². The molecule has 27 heavy (non-hydrogen) atoms. The van der Waals surface area contributed by atoms with E-state index in [0.717, 1.165) is 38.8 Å². The molecular weight excluding hydrogens is 344 g/mol. The van der Waals surface area contributed by atoms with Crippen LogP contribution in [0.1, 0.15) is 59.3 Å². The van der Waals surface area contributed by atoms with Gasteiger partial charge in [0.25, 0.3) is 5.91 Å². The number of fused-ring (bicyclic) bond motifs is 2. The molecule has 0 aromatic carbocycles. The van der Waals surface area contributed by atoms with Gasteiger partial charge in [-0.25, -0.2) is 4.79 Å². The highest BCUT2D eigenvalue weighted by atomic mass is 16.2. The third-order valence-corrected chi connectivity index (χ3v) is 6.86. The molecule has 150 valence electrons. The Labute approximate surface area is 161 Å². The minimum Gasteiger partial charge on any atom is -0.334 e. The Morgan fingerprint density at radius 2 is 1.89 bits per heavy atom. The van der Waals surface area contributed by atoms with Gasteiger partial charge in [-0.15, -0.1) is 0 Å². The van der Waals surface area contributed by atoms with Crippen LogP contribution in [0.4, 0.5) is 4.79 Å². The summed E-state index contributed by atoms with van der Waals surface area (Å²) >= 11 is 0. The first-order chi connectivity index (χ1) is 12.7. The normalized spacial score (nSPS) is 38.3. The minimum absolute atomic E-state index is 0.00378. The molecule has 4 unspecified atom stereocenters. The summed E-state index contributed by atoms with van der Waals surface area (Å²) in [4.78, 5) is 42.1. The lowest BCUT2D eigenvalue weighted by atomic mass is 9.64. The van der Waals surface area contributed by atoms with E-state index in [4.69, 9.17) is 0 Å². The number of urea groups is 1. The third kappa shape index (κ3) is 3.24. The van der Waals surface area contributed by atoms with Crippen molar-refractivity contribution >= 4 is 17.8 Å². The molecule has 0 aromatic rings. The lowest BCUT2D eigenvalue weighted by Gasteiger charge is -2.43. The van der Waals surface area contributed by atoms with Crippen molar-refractivity contribution in [1.29, 1.82) is 0 Å². The molecule has 4 aliphatic rings. The summed E-state index contributed by atoms with van der Waals surface area (Å²) in [5.74, 6) is 0.0665. The first kappa shape index (κ1) is 18.7. The molecule has 4 rings (SSSR count). The van der Waals surface area contributed by atoms with Gasteiger partial charge in [-0.3, -0.25) is 14.5 Å². The van der Waals surface area contributed by atoms with Crippen molar-refractivity contribution in [3.05, 3.63) is 0 Å². The maximum Gasteiger partial charge on any atom is 0.325 e. The predicted molar refractivity (Wildman–Crippen MR) is 101 cm³/mol. The molecule has 3 heterocycles. The molecule has 2 N–H and O–H groups in total. The summed E-state index contributed by atoms with van der Waals surface area (Å²) in [5, 5.41) is 6.35. The second-order valence-corrected chi connectivity index (χ2v) is 9.94. The molecule has 4 fully saturated rings. The molecule has 0 radical (unpaired) electrons. The van der Waals surface area contributed by atoms with Crippen molar-refractivity contribution in [3.8, 4) is 0 Å². The van der Waals surface area contributed by atoms with E-state index in [1.807, 2.05) is 4.90 Å². The maximum absolute atomic E-state index is 13.3. The Morgan fingerprint density at radius 1 is 1.15 bits per heavy atom. The molecule has 1 aliphatic carbocycles. The van der Waals surface area contributed by atoms with Crippen LogP contribution in [0.15, 0.2) is 0 Å². The largest absolute Gasteiger partial charge is 0.334 e. The molecule has 7 heteroatoms. The molecule has 4 amide bonds. The van der Waals surface area contributed by atoms with E-state index in [-0.39, 0.29) is 35.9 Å². The summed E-state index contributed by atoms with van der Waals surface area (Å²) < 4.78 is 0. The standard InChI is InChI=1S/C20H32N4O3/c1-13-8-19(2,3)12-20(9-13)17(26)23(18(27)22-20)11-16(25)24-14-4-5-15(24)10-21-7-6-14/h13-15,21H,4-12H2,1-3H3,(H,22,27). The highest BCUT2D eigenvalue weighted by molar-refractivity contribution is 6.09. The van der Waals surface area contributed by atoms with Gasteiger partial charge < -0.3 is 15.5 Å². The molecule has 4 atom stereocenters. The zero-order chi connectivity index (χ0) is 19.4. The van der Waals surface area contributed by atoms with E-state index in [9.17, 15) is 14.4 Å². The van der Waals surface area contributed by atoms with E-state index in [2.05, 4.69) is 31.4 Å². The van der Waals surface area contributed by atoms with Gasteiger partial charge in [0.15, 0.2) is 0 Å². The zero-order valence-electron chi connectivity index (χ0n) is 16.7. The maximum atomic E-state index is 13.3. The second-order valence-electron chi connectivity index (χ2n) is 9.94. The molecule has 1 saturated carbocycles. The van der Waals surface area contributed by atoms with Crippen LogP contribution in [0, 0.1) is 11.3 Å². The van der Waals surface area contributed by atoms with Gasteiger partial charge in [0.1, 0.15) is 12.1 Å². The first-order valence-electron chi connectivity index (χ1n) is 10.4. The van der Waals surface area contributed by atoms with Gasteiger partial charge in [-0.2, -0.15) is 0 Å². The van der Waals surface area contributed by atoms with Crippen molar-refractivity contribution in [1.82, 2.24) is 20.4 Å². The smallest absolute Gasteiger partial charge is 0.325 e. The van der Waals surface area contributed by atoms with E-state index in [1.165, 1.54) is 4.90 Å². The van der Waals surface area contributed by atoms with Crippen LogP contribution in [-0.2, 0) is 9.59 Å². The number of hydrogen-bond acceptors (Lipinski definition) is 4. The fourth-order valence-electron chi connectivity index (χ4n) is 6.26. The van der Waals surface area contributed by atoms with Crippen molar-refractivity contribution in [3.63, 3.8) is 0 Å². The van der Waals surface area contributed by atoms with E-state index < -0.39 is 11.6 Å². The zero-order valence-corrected chi connectivity index (χ0v) is 16.7. The first-order valence-corrected chi connectivity index (χ1v) is 10.4. The Kier molecular flexibility index (Phi) is 4.48. The van der Waals surface area contributed by atoms with Crippen LogP contribution in [0.5, 0.6) is 0 Å². The Morgan fingerprint density at radius 3 is 2.63 bits per heavy atom. The molecule has 3 aliphatic heterocycles.